The van der Waals surface area contributed by atoms with Crippen molar-refractivity contribution in [3.63, 3.8) is 0 Å². The van der Waals surface area contributed by atoms with E-state index in [2.05, 4.69) is 31.1 Å². The number of aliphatic carboxylic acids is 4. The van der Waals surface area contributed by atoms with Crippen LogP contribution in [0, 0.1) is 0 Å². The fraction of sp³-hybridized carbons (Fsp3) is 0.538. The third-order valence-corrected chi connectivity index (χ3v) is 2.71. The van der Waals surface area contributed by atoms with Gasteiger partial charge in [-0.05, 0) is 50.0 Å². The minimum Gasteiger partial charge on any atom is -0.545 e. The van der Waals surface area contributed by atoms with Crippen LogP contribution < -0.4 is 20.4 Å². The molecular weight excluding hydrogens is 552 g/mol. The average molecular weight is 597 g/mol. The van der Waals surface area contributed by atoms with Gasteiger partial charge in [0.05, 0.1) is 89.9 Å². The van der Waals surface area contributed by atoms with E-state index in [0.29, 0.717) is 39.6 Å². The predicted molar refractivity (Wildman–Crippen MR) is 140 cm³/mol. The lowest BCUT2D eigenvalue weighted by Crippen LogP contribution is -2.22. The van der Waals surface area contributed by atoms with Gasteiger partial charge in [0.25, 0.3) is 0 Å². The molecule has 0 aromatic heterocycles. The zero-order valence-electron chi connectivity index (χ0n) is 24.2. The summed E-state index contributed by atoms with van der Waals surface area (Å²) in [5.41, 5.74) is 0.259. The van der Waals surface area contributed by atoms with Crippen LogP contribution in [-0.4, -0.2) is 110 Å². The summed E-state index contributed by atoms with van der Waals surface area (Å²) in [5, 5.41) is 70.7. The highest BCUT2D eigenvalue weighted by molar-refractivity contribution is 5.83. The normalized spacial score (nSPS) is 8.49. The maximum atomic E-state index is 9.49. The molecule has 41 heavy (non-hydrogen) atoms. The summed E-state index contributed by atoms with van der Waals surface area (Å²) in [6.07, 6.45) is 0. The van der Waals surface area contributed by atoms with E-state index in [9.17, 15) is 39.6 Å². The van der Waals surface area contributed by atoms with Gasteiger partial charge in [-0.3, -0.25) is 0 Å². The summed E-state index contributed by atoms with van der Waals surface area (Å²) in [6.45, 7) is 20.3. The third-order valence-electron chi connectivity index (χ3n) is 2.71. The van der Waals surface area contributed by atoms with Gasteiger partial charge in [-0.25, -0.2) is 0 Å². The maximum absolute atomic E-state index is 9.49. The topological polar surface area (TPSA) is 269 Å². The number of aliphatic hydroxyl groups is 4. The summed E-state index contributed by atoms with van der Waals surface area (Å²) >= 11 is 0. The Bertz CT molecular complexity index is 574. The molecule has 15 nitrogen and oxygen atoms in total. The van der Waals surface area contributed by atoms with Gasteiger partial charge in [-0.2, -0.15) is 0 Å². The number of rotatable bonds is 15. The van der Waals surface area contributed by atoms with Crippen LogP contribution >= 0.6 is 0 Å². The van der Waals surface area contributed by atoms with Crippen molar-refractivity contribution >= 4 is 23.9 Å². The van der Waals surface area contributed by atoms with E-state index < -0.39 is 23.9 Å². The van der Waals surface area contributed by atoms with Gasteiger partial charge < -0.3 is 74.2 Å². The van der Waals surface area contributed by atoms with Crippen molar-refractivity contribution in [3.8, 4) is 0 Å². The van der Waals surface area contributed by atoms with Gasteiger partial charge in [0, 0.05) is 0 Å². The fourth-order valence-corrected chi connectivity index (χ4v) is 0.682. The molecule has 0 bridgehead atoms. The van der Waals surface area contributed by atoms with E-state index in [1.807, 2.05) is 0 Å². The van der Waals surface area contributed by atoms with Crippen LogP contribution in [0.4, 0.5) is 0 Å². The number of carbonyl (C=O) groups excluding carboxylic acids is 4. The Balaban J connectivity index is -0.0000000908. The molecule has 0 fully saturated rings. The third kappa shape index (κ3) is 78.7. The number of carbonyl (C=O) groups is 4. The standard InChI is InChI=1S/C6H14O4.C4H10O3.4C4H6O2/c7-1-3-9-5-6-10-4-2-8;5-1-3-7-4-2-6;4*1-3(2)4(5)6/h7-8H,1-6H2;5-6H,1-4H2;4*1H2,2H3,(H,5,6)/p-4. The highest BCUT2D eigenvalue weighted by Gasteiger charge is 1.86. The van der Waals surface area contributed by atoms with Gasteiger partial charge in [0.1, 0.15) is 0 Å². The molecule has 0 unspecified atom stereocenters. The summed E-state index contributed by atoms with van der Waals surface area (Å²) in [7, 11) is 0. The molecule has 0 rings (SSSR count). The molecule has 0 atom stereocenters. The molecule has 0 aromatic rings. The van der Waals surface area contributed by atoms with Crippen molar-refractivity contribution in [2.75, 3.05) is 66.1 Å². The second-order valence-electron chi connectivity index (χ2n) is 7.00. The molecule has 4 N–H and O–H groups in total. The number of carboxylic acid groups (broad SMARTS) is 4. The van der Waals surface area contributed by atoms with Crippen LogP contribution in [0.25, 0.3) is 0 Å². The Hall–Kier alpha value is -3.44. The van der Waals surface area contributed by atoms with Gasteiger partial charge in [-0.15, -0.1) is 0 Å². The summed E-state index contributed by atoms with van der Waals surface area (Å²) in [6, 6.07) is 0. The van der Waals surface area contributed by atoms with Crippen LogP contribution in [0.15, 0.2) is 48.6 Å². The minimum atomic E-state index is -1.19. The molecule has 0 radical (unpaired) electrons. The summed E-state index contributed by atoms with van der Waals surface area (Å²) in [4.78, 5) is 38.0. The number of aliphatic hydroxyl groups excluding tert-OH is 4. The van der Waals surface area contributed by atoms with Crippen LogP contribution in [-0.2, 0) is 33.4 Å². The number of ether oxygens (including phenoxy) is 3. The van der Waals surface area contributed by atoms with Crippen LogP contribution in [0.1, 0.15) is 27.7 Å². The predicted octanol–water partition coefficient (Wildman–Crippen LogP) is -4.76. The van der Waals surface area contributed by atoms with Crippen molar-refractivity contribution in [1.29, 1.82) is 0 Å². The lowest BCUT2D eigenvalue weighted by molar-refractivity contribution is -0.300. The lowest BCUT2D eigenvalue weighted by atomic mass is 10.4. The molecule has 0 heterocycles. The zero-order chi connectivity index (χ0) is 33.8. The van der Waals surface area contributed by atoms with E-state index >= 15 is 0 Å². The highest BCUT2D eigenvalue weighted by atomic mass is 16.5. The molecule has 0 aromatic carbocycles. The van der Waals surface area contributed by atoms with E-state index in [1.165, 1.54) is 27.7 Å². The first-order valence-electron chi connectivity index (χ1n) is 11.5. The SMILES string of the molecule is C=C(C)C(=O)[O-].C=C(C)C(=O)[O-].C=C(C)C(=O)[O-].C=C(C)C(=O)[O-].OCCOCCO.OCCOCCOCCO. The quantitative estimate of drug-likeness (QED) is 0.102. The molecule has 0 saturated heterocycles. The van der Waals surface area contributed by atoms with Crippen molar-refractivity contribution in [2.24, 2.45) is 0 Å². The van der Waals surface area contributed by atoms with Gasteiger partial charge in [0.2, 0.25) is 0 Å². The maximum Gasteiger partial charge on any atom is 0.0701 e. The molecule has 0 aliphatic rings. The van der Waals surface area contributed by atoms with Crippen molar-refractivity contribution in [3.05, 3.63) is 48.6 Å². The van der Waals surface area contributed by atoms with Crippen molar-refractivity contribution < 1.29 is 74.2 Å². The monoisotopic (exact) mass is 596 g/mol. The van der Waals surface area contributed by atoms with Gasteiger partial charge in [0.15, 0.2) is 0 Å². The first-order valence-corrected chi connectivity index (χ1v) is 11.5. The van der Waals surface area contributed by atoms with Gasteiger partial charge >= 0.3 is 0 Å². The Morgan fingerprint density at radius 2 is 0.561 bits per heavy atom. The molecule has 0 amide bonds. The van der Waals surface area contributed by atoms with E-state index in [-0.39, 0.29) is 48.7 Å². The van der Waals surface area contributed by atoms with E-state index in [0.717, 1.165) is 0 Å². The molecule has 242 valence electrons. The summed E-state index contributed by atoms with van der Waals surface area (Å²) in [5.74, 6) is -4.74. The van der Waals surface area contributed by atoms with E-state index in [4.69, 9.17) is 29.9 Å². The second-order valence-corrected chi connectivity index (χ2v) is 7.00. The molecule has 15 heteroatoms. The zero-order valence-corrected chi connectivity index (χ0v) is 24.2. The highest BCUT2D eigenvalue weighted by Crippen LogP contribution is 1.79. The Kier molecular flexibility index (Phi) is 50.5. The minimum absolute atomic E-state index is 0.0278. The molecular formula is C26H44O15-4. The molecule has 0 aliphatic heterocycles. The smallest absolute Gasteiger partial charge is 0.0701 e. The Morgan fingerprint density at radius 3 is 0.659 bits per heavy atom. The molecule has 0 saturated carbocycles. The number of carboxylic acids is 4. The Morgan fingerprint density at radius 1 is 0.439 bits per heavy atom. The fourth-order valence-electron chi connectivity index (χ4n) is 0.682. The van der Waals surface area contributed by atoms with Gasteiger partial charge in [-0.1, -0.05) is 26.3 Å². The number of hydrogen-bond acceptors (Lipinski definition) is 15. The van der Waals surface area contributed by atoms with Crippen molar-refractivity contribution in [2.45, 2.75) is 27.7 Å². The van der Waals surface area contributed by atoms with Crippen molar-refractivity contribution in [1.82, 2.24) is 0 Å². The first-order chi connectivity index (χ1) is 18.9. The largest absolute Gasteiger partial charge is 0.545 e. The van der Waals surface area contributed by atoms with Crippen LogP contribution in [0.2, 0.25) is 0 Å². The molecule has 0 aliphatic carbocycles. The molecule has 0 spiro atoms. The average Bonchev–Trinajstić information content (AvgIpc) is 2.88. The second kappa shape index (κ2) is 41.0. The van der Waals surface area contributed by atoms with E-state index in [1.54, 1.807) is 0 Å². The lowest BCUT2D eigenvalue weighted by Gasteiger charge is -2.01. The van der Waals surface area contributed by atoms with Crippen LogP contribution in [0.3, 0.4) is 0 Å². The van der Waals surface area contributed by atoms with Crippen LogP contribution in [0.5, 0.6) is 0 Å². The first kappa shape index (κ1) is 50.4. The number of hydrogen-bond donors (Lipinski definition) is 4. The summed E-state index contributed by atoms with van der Waals surface area (Å²) < 4.78 is 14.4. The Labute approximate surface area is 240 Å².